The average molecular weight is 302 g/mol. The predicted octanol–water partition coefficient (Wildman–Crippen LogP) is 2.90. The van der Waals surface area contributed by atoms with Gasteiger partial charge in [0, 0.05) is 18.7 Å². The standard InChI is InChI=1S/C16H18N2O4/c1-17-10-13-5-8-15(21-2)16(9-13)22-11-12-3-6-14(7-4-12)18(19)20/h3-9,17H,10-11H2,1-2H3. The summed E-state index contributed by atoms with van der Waals surface area (Å²) < 4.78 is 11.1. The van der Waals surface area contributed by atoms with Gasteiger partial charge in [-0.05, 0) is 42.4 Å². The van der Waals surface area contributed by atoms with Crippen LogP contribution in [0.4, 0.5) is 5.69 Å². The summed E-state index contributed by atoms with van der Waals surface area (Å²) in [5.41, 5.74) is 2.01. The number of nitrogens with one attached hydrogen (secondary N) is 1. The van der Waals surface area contributed by atoms with Crippen LogP contribution in [0.1, 0.15) is 11.1 Å². The van der Waals surface area contributed by atoms with Crippen molar-refractivity contribution < 1.29 is 14.4 Å². The number of nitro benzene ring substituents is 1. The number of methoxy groups -OCH3 is 1. The van der Waals surface area contributed by atoms with Crippen LogP contribution < -0.4 is 14.8 Å². The highest BCUT2D eigenvalue weighted by atomic mass is 16.6. The average Bonchev–Trinajstić information content (AvgIpc) is 2.54. The molecule has 6 heteroatoms. The van der Waals surface area contributed by atoms with E-state index in [9.17, 15) is 10.1 Å². The van der Waals surface area contributed by atoms with Gasteiger partial charge in [-0.25, -0.2) is 0 Å². The Morgan fingerprint density at radius 2 is 1.77 bits per heavy atom. The molecule has 0 aliphatic rings. The van der Waals surface area contributed by atoms with E-state index in [1.54, 1.807) is 19.2 Å². The smallest absolute Gasteiger partial charge is 0.269 e. The molecule has 0 atom stereocenters. The molecule has 0 unspecified atom stereocenters. The highest BCUT2D eigenvalue weighted by Gasteiger charge is 2.08. The molecule has 0 aliphatic carbocycles. The van der Waals surface area contributed by atoms with Crippen LogP contribution in [0, 0.1) is 10.1 Å². The van der Waals surface area contributed by atoms with Crippen LogP contribution in [-0.4, -0.2) is 19.1 Å². The minimum Gasteiger partial charge on any atom is -0.493 e. The lowest BCUT2D eigenvalue weighted by Gasteiger charge is -2.12. The lowest BCUT2D eigenvalue weighted by atomic mass is 10.2. The highest BCUT2D eigenvalue weighted by molar-refractivity contribution is 5.43. The van der Waals surface area contributed by atoms with E-state index in [-0.39, 0.29) is 5.69 Å². The fourth-order valence-electron chi connectivity index (χ4n) is 2.02. The van der Waals surface area contributed by atoms with Gasteiger partial charge in [0.15, 0.2) is 11.5 Å². The lowest BCUT2D eigenvalue weighted by Crippen LogP contribution is -2.06. The third kappa shape index (κ3) is 3.95. The van der Waals surface area contributed by atoms with E-state index in [1.807, 2.05) is 25.2 Å². The third-order valence-corrected chi connectivity index (χ3v) is 3.15. The normalized spacial score (nSPS) is 10.3. The molecule has 0 amide bonds. The van der Waals surface area contributed by atoms with Crippen LogP contribution in [0.5, 0.6) is 11.5 Å². The molecule has 0 aliphatic heterocycles. The van der Waals surface area contributed by atoms with Crippen LogP contribution in [0.2, 0.25) is 0 Å². The van der Waals surface area contributed by atoms with Crippen molar-refractivity contribution in [3.63, 3.8) is 0 Å². The Balaban J connectivity index is 2.09. The summed E-state index contributed by atoms with van der Waals surface area (Å²) in [5, 5.41) is 13.7. The zero-order valence-electron chi connectivity index (χ0n) is 12.5. The summed E-state index contributed by atoms with van der Waals surface area (Å²) in [4.78, 5) is 10.2. The number of benzene rings is 2. The number of rotatable bonds is 7. The first-order valence-corrected chi connectivity index (χ1v) is 6.81. The SMILES string of the molecule is CNCc1ccc(OC)c(OCc2ccc([N+](=O)[O-])cc2)c1. The zero-order valence-corrected chi connectivity index (χ0v) is 12.5. The highest BCUT2D eigenvalue weighted by Crippen LogP contribution is 2.29. The molecule has 0 spiro atoms. The van der Waals surface area contributed by atoms with Gasteiger partial charge >= 0.3 is 0 Å². The Morgan fingerprint density at radius 1 is 1.09 bits per heavy atom. The fourth-order valence-corrected chi connectivity index (χ4v) is 2.02. The van der Waals surface area contributed by atoms with Crippen molar-refractivity contribution in [2.75, 3.05) is 14.2 Å². The molecule has 0 aromatic heterocycles. The molecule has 0 radical (unpaired) electrons. The van der Waals surface area contributed by atoms with Gasteiger partial charge in [-0.1, -0.05) is 6.07 Å². The molecule has 0 bridgehead atoms. The maximum Gasteiger partial charge on any atom is 0.269 e. The largest absolute Gasteiger partial charge is 0.493 e. The second-order valence-electron chi connectivity index (χ2n) is 4.73. The molecular formula is C16H18N2O4. The number of hydrogen-bond donors (Lipinski definition) is 1. The van der Waals surface area contributed by atoms with Crippen molar-refractivity contribution in [3.8, 4) is 11.5 Å². The second-order valence-corrected chi connectivity index (χ2v) is 4.73. The maximum absolute atomic E-state index is 10.6. The molecule has 1 N–H and O–H groups in total. The topological polar surface area (TPSA) is 73.6 Å². The molecule has 2 rings (SSSR count). The minimum atomic E-state index is -0.422. The summed E-state index contributed by atoms with van der Waals surface area (Å²) in [5.74, 6) is 1.30. The molecule has 0 fully saturated rings. The van der Waals surface area contributed by atoms with Gasteiger partial charge in [0.25, 0.3) is 5.69 Å². The van der Waals surface area contributed by atoms with Crippen molar-refractivity contribution >= 4 is 5.69 Å². The molecule has 116 valence electrons. The summed E-state index contributed by atoms with van der Waals surface area (Å²) in [6.07, 6.45) is 0. The Morgan fingerprint density at radius 3 is 2.36 bits per heavy atom. The van der Waals surface area contributed by atoms with Crippen LogP contribution in [0.3, 0.4) is 0 Å². The molecule has 0 saturated carbocycles. The van der Waals surface area contributed by atoms with E-state index in [0.717, 1.165) is 17.7 Å². The van der Waals surface area contributed by atoms with Crippen molar-refractivity contribution in [2.45, 2.75) is 13.2 Å². The van der Waals surface area contributed by atoms with Gasteiger partial charge in [0.1, 0.15) is 6.61 Å². The first-order chi connectivity index (χ1) is 10.6. The second kappa shape index (κ2) is 7.42. The van der Waals surface area contributed by atoms with Crippen LogP contribution >= 0.6 is 0 Å². The zero-order chi connectivity index (χ0) is 15.9. The Labute approximate surface area is 128 Å². The van der Waals surface area contributed by atoms with Gasteiger partial charge in [0.2, 0.25) is 0 Å². The van der Waals surface area contributed by atoms with E-state index in [2.05, 4.69) is 5.32 Å². The quantitative estimate of drug-likeness (QED) is 0.629. The van der Waals surface area contributed by atoms with E-state index in [1.165, 1.54) is 12.1 Å². The van der Waals surface area contributed by atoms with Gasteiger partial charge in [-0.15, -0.1) is 0 Å². The van der Waals surface area contributed by atoms with Gasteiger partial charge in [-0.2, -0.15) is 0 Å². The van der Waals surface area contributed by atoms with Crippen molar-refractivity contribution in [2.24, 2.45) is 0 Å². The van der Waals surface area contributed by atoms with E-state index in [4.69, 9.17) is 9.47 Å². The van der Waals surface area contributed by atoms with Crippen LogP contribution in [0.15, 0.2) is 42.5 Å². The van der Waals surface area contributed by atoms with E-state index < -0.39 is 4.92 Å². The summed E-state index contributed by atoms with van der Waals surface area (Å²) in [6, 6.07) is 12.0. The summed E-state index contributed by atoms with van der Waals surface area (Å²) in [7, 11) is 3.47. The number of nitrogens with zero attached hydrogens (tertiary/aromatic N) is 1. The Hall–Kier alpha value is -2.60. The fraction of sp³-hybridized carbons (Fsp3) is 0.250. The monoisotopic (exact) mass is 302 g/mol. The first-order valence-electron chi connectivity index (χ1n) is 6.81. The van der Waals surface area contributed by atoms with Crippen LogP contribution in [-0.2, 0) is 13.2 Å². The molecule has 0 saturated heterocycles. The van der Waals surface area contributed by atoms with Gasteiger partial charge < -0.3 is 14.8 Å². The van der Waals surface area contributed by atoms with E-state index in [0.29, 0.717) is 18.1 Å². The molecule has 6 nitrogen and oxygen atoms in total. The van der Waals surface area contributed by atoms with Gasteiger partial charge in [-0.3, -0.25) is 10.1 Å². The van der Waals surface area contributed by atoms with Crippen molar-refractivity contribution in [3.05, 3.63) is 63.7 Å². The number of hydrogen-bond acceptors (Lipinski definition) is 5. The molecular weight excluding hydrogens is 284 g/mol. The van der Waals surface area contributed by atoms with E-state index >= 15 is 0 Å². The number of nitro groups is 1. The Bertz CT molecular complexity index is 641. The lowest BCUT2D eigenvalue weighted by molar-refractivity contribution is -0.384. The maximum atomic E-state index is 10.6. The summed E-state index contributed by atoms with van der Waals surface area (Å²) in [6.45, 7) is 1.05. The third-order valence-electron chi connectivity index (χ3n) is 3.15. The number of non-ortho nitro benzene ring substituents is 1. The first kappa shape index (κ1) is 15.8. The predicted molar refractivity (Wildman–Crippen MR) is 83.2 cm³/mol. The molecule has 2 aromatic carbocycles. The summed E-state index contributed by atoms with van der Waals surface area (Å²) >= 11 is 0. The minimum absolute atomic E-state index is 0.0670. The molecule has 22 heavy (non-hydrogen) atoms. The number of ether oxygens (including phenoxy) is 2. The molecule has 2 aromatic rings. The Kier molecular flexibility index (Phi) is 5.32. The van der Waals surface area contributed by atoms with Crippen molar-refractivity contribution in [1.29, 1.82) is 0 Å². The van der Waals surface area contributed by atoms with Gasteiger partial charge in [0.05, 0.1) is 12.0 Å². The van der Waals surface area contributed by atoms with Crippen molar-refractivity contribution in [1.82, 2.24) is 5.32 Å². The molecule has 0 heterocycles. The van der Waals surface area contributed by atoms with Crippen LogP contribution in [0.25, 0.3) is 0 Å².